The molecule has 0 unspecified atom stereocenters. The first-order valence-electron chi connectivity index (χ1n) is 4.35. The van der Waals surface area contributed by atoms with Crippen LogP contribution in [0.5, 0.6) is 0 Å². The molecule has 84 valence electrons. The zero-order chi connectivity index (χ0) is 11.4. The zero-order valence-corrected chi connectivity index (χ0v) is 7.84. The van der Waals surface area contributed by atoms with Crippen LogP contribution in [-0.2, 0) is 4.79 Å². The molecule has 0 saturated carbocycles. The first-order chi connectivity index (χ1) is 6.30. The third-order valence-electron chi connectivity index (χ3n) is 1.94. The summed E-state index contributed by atoms with van der Waals surface area (Å²) in [5, 5.41) is 8.38. The van der Waals surface area contributed by atoms with Crippen LogP contribution in [0.15, 0.2) is 0 Å². The second-order valence-corrected chi connectivity index (χ2v) is 3.16. The number of alkyl halides is 3. The van der Waals surface area contributed by atoms with Crippen molar-refractivity contribution < 1.29 is 23.1 Å². The van der Waals surface area contributed by atoms with E-state index in [0.717, 1.165) is 0 Å². The molecule has 0 spiro atoms. The highest BCUT2D eigenvalue weighted by atomic mass is 19.4. The monoisotopic (exact) mass is 213 g/mol. The summed E-state index contributed by atoms with van der Waals surface area (Å²) in [6, 6.07) is -1.35. The highest BCUT2D eigenvalue weighted by Crippen LogP contribution is 2.30. The van der Waals surface area contributed by atoms with Gasteiger partial charge in [0.05, 0.1) is 0 Å². The molecule has 0 aromatic heterocycles. The predicted molar refractivity (Wildman–Crippen MR) is 44.7 cm³/mol. The summed E-state index contributed by atoms with van der Waals surface area (Å²) < 4.78 is 36.6. The summed E-state index contributed by atoms with van der Waals surface area (Å²) in [6.45, 7) is 1.80. The van der Waals surface area contributed by atoms with E-state index in [1.54, 1.807) is 6.92 Å². The van der Waals surface area contributed by atoms with E-state index in [2.05, 4.69) is 0 Å². The van der Waals surface area contributed by atoms with Gasteiger partial charge in [0, 0.05) is 6.04 Å². The minimum absolute atomic E-state index is 0.0764. The van der Waals surface area contributed by atoms with E-state index in [4.69, 9.17) is 10.8 Å². The Morgan fingerprint density at radius 2 is 2.00 bits per heavy atom. The molecule has 0 rings (SSSR count). The van der Waals surface area contributed by atoms with Gasteiger partial charge in [0.1, 0.15) is 0 Å². The maximum atomic E-state index is 12.2. The summed E-state index contributed by atoms with van der Waals surface area (Å²) in [5.41, 5.74) is 5.19. The van der Waals surface area contributed by atoms with Gasteiger partial charge in [-0.25, -0.2) is 0 Å². The van der Waals surface area contributed by atoms with Crippen molar-refractivity contribution in [1.82, 2.24) is 0 Å². The Morgan fingerprint density at radius 3 is 2.29 bits per heavy atom. The molecular weight excluding hydrogens is 199 g/mol. The maximum Gasteiger partial charge on any atom is 0.403 e. The van der Waals surface area contributed by atoms with Gasteiger partial charge in [0.25, 0.3) is 0 Å². The lowest BCUT2D eigenvalue weighted by Crippen LogP contribution is -2.44. The molecule has 14 heavy (non-hydrogen) atoms. The van der Waals surface area contributed by atoms with Crippen molar-refractivity contribution in [3.05, 3.63) is 0 Å². The van der Waals surface area contributed by atoms with E-state index in [-0.39, 0.29) is 6.42 Å². The number of aliphatic carboxylic acids is 1. The Kier molecular flexibility index (Phi) is 4.90. The Bertz CT molecular complexity index is 194. The molecule has 0 aromatic carbocycles. The summed E-state index contributed by atoms with van der Waals surface area (Å²) >= 11 is 0. The Hall–Kier alpha value is -0.780. The SMILES string of the molecule is CCCC[C@@H](N)[C@H](C(=O)O)C(F)(F)F. The molecule has 0 radical (unpaired) electrons. The van der Waals surface area contributed by atoms with Crippen LogP contribution in [0.25, 0.3) is 0 Å². The van der Waals surface area contributed by atoms with Gasteiger partial charge in [-0.05, 0) is 6.42 Å². The third-order valence-corrected chi connectivity index (χ3v) is 1.94. The fraction of sp³-hybridized carbons (Fsp3) is 0.875. The van der Waals surface area contributed by atoms with Crippen molar-refractivity contribution in [3.63, 3.8) is 0 Å². The number of nitrogens with two attached hydrogens (primary N) is 1. The molecule has 0 aliphatic rings. The maximum absolute atomic E-state index is 12.2. The molecule has 0 bridgehead atoms. The third kappa shape index (κ3) is 3.95. The van der Waals surface area contributed by atoms with Gasteiger partial charge >= 0.3 is 12.1 Å². The number of carbonyl (C=O) groups is 1. The minimum Gasteiger partial charge on any atom is -0.481 e. The van der Waals surface area contributed by atoms with Gasteiger partial charge in [0.2, 0.25) is 0 Å². The van der Waals surface area contributed by atoms with Gasteiger partial charge in [-0.1, -0.05) is 19.8 Å². The Labute approximate surface area is 80.1 Å². The van der Waals surface area contributed by atoms with E-state index in [1.807, 2.05) is 0 Å². The van der Waals surface area contributed by atoms with Crippen LogP contribution in [0.1, 0.15) is 26.2 Å². The van der Waals surface area contributed by atoms with Gasteiger partial charge in [-0.2, -0.15) is 13.2 Å². The Morgan fingerprint density at radius 1 is 1.50 bits per heavy atom. The lowest BCUT2D eigenvalue weighted by Gasteiger charge is -2.22. The average Bonchev–Trinajstić information content (AvgIpc) is 1.97. The average molecular weight is 213 g/mol. The lowest BCUT2D eigenvalue weighted by atomic mass is 9.95. The summed E-state index contributed by atoms with van der Waals surface area (Å²) in [5.74, 6) is -4.35. The zero-order valence-electron chi connectivity index (χ0n) is 7.84. The Balaban J connectivity index is 4.42. The second-order valence-electron chi connectivity index (χ2n) is 3.16. The first-order valence-corrected chi connectivity index (χ1v) is 4.35. The normalized spacial score (nSPS) is 16.4. The van der Waals surface area contributed by atoms with E-state index < -0.39 is 24.1 Å². The minimum atomic E-state index is -4.76. The van der Waals surface area contributed by atoms with Crippen molar-refractivity contribution in [2.24, 2.45) is 11.7 Å². The van der Waals surface area contributed by atoms with Crippen LogP contribution in [0, 0.1) is 5.92 Å². The molecule has 0 fully saturated rings. The molecule has 2 atom stereocenters. The standard InChI is InChI=1S/C8H14F3NO2/c1-2-3-4-5(12)6(7(13)14)8(9,10)11/h5-6H,2-4,12H2,1H3,(H,13,14)/t5-,6-/m1/s1. The van der Waals surface area contributed by atoms with Crippen molar-refractivity contribution in [2.75, 3.05) is 0 Å². The largest absolute Gasteiger partial charge is 0.481 e. The first kappa shape index (κ1) is 13.2. The smallest absolute Gasteiger partial charge is 0.403 e. The van der Waals surface area contributed by atoms with Crippen LogP contribution < -0.4 is 5.73 Å². The predicted octanol–water partition coefficient (Wildman–Crippen LogP) is 1.77. The van der Waals surface area contributed by atoms with Crippen LogP contribution >= 0.6 is 0 Å². The van der Waals surface area contributed by atoms with Gasteiger partial charge in [-0.15, -0.1) is 0 Å². The molecular formula is C8H14F3NO2. The summed E-state index contributed by atoms with van der Waals surface area (Å²) in [7, 11) is 0. The van der Waals surface area contributed by atoms with Gasteiger partial charge in [-0.3, -0.25) is 4.79 Å². The number of rotatable bonds is 5. The van der Waals surface area contributed by atoms with Gasteiger partial charge in [0.15, 0.2) is 5.92 Å². The quantitative estimate of drug-likeness (QED) is 0.731. The molecule has 3 N–H and O–H groups in total. The number of hydrogen-bond donors (Lipinski definition) is 2. The van der Waals surface area contributed by atoms with E-state index in [0.29, 0.717) is 12.8 Å². The fourth-order valence-electron chi connectivity index (χ4n) is 1.17. The molecule has 0 aliphatic carbocycles. The molecule has 0 amide bonds. The van der Waals surface area contributed by atoms with Crippen molar-refractivity contribution in [3.8, 4) is 0 Å². The molecule has 0 aromatic rings. The number of halogens is 3. The highest BCUT2D eigenvalue weighted by molar-refractivity contribution is 5.71. The van der Waals surface area contributed by atoms with Crippen molar-refractivity contribution in [1.29, 1.82) is 0 Å². The van der Waals surface area contributed by atoms with E-state index in [1.165, 1.54) is 0 Å². The number of carboxylic acid groups (broad SMARTS) is 1. The number of carboxylic acids is 1. The molecule has 6 heteroatoms. The van der Waals surface area contributed by atoms with Crippen LogP contribution in [0.3, 0.4) is 0 Å². The topological polar surface area (TPSA) is 63.3 Å². The second kappa shape index (κ2) is 5.19. The van der Waals surface area contributed by atoms with E-state index in [9.17, 15) is 18.0 Å². The van der Waals surface area contributed by atoms with Crippen LogP contribution in [-0.4, -0.2) is 23.3 Å². The summed E-state index contributed by atoms with van der Waals surface area (Å²) in [6.07, 6.45) is -3.50. The van der Waals surface area contributed by atoms with E-state index >= 15 is 0 Å². The fourth-order valence-corrected chi connectivity index (χ4v) is 1.17. The lowest BCUT2D eigenvalue weighted by molar-refractivity contribution is -0.197. The molecule has 3 nitrogen and oxygen atoms in total. The number of hydrogen-bond acceptors (Lipinski definition) is 2. The van der Waals surface area contributed by atoms with Gasteiger partial charge < -0.3 is 10.8 Å². The van der Waals surface area contributed by atoms with Crippen LogP contribution in [0.2, 0.25) is 0 Å². The number of unbranched alkanes of at least 4 members (excludes halogenated alkanes) is 1. The molecule has 0 heterocycles. The molecule has 0 aliphatic heterocycles. The molecule has 0 saturated heterocycles. The van der Waals surface area contributed by atoms with Crippen LogP contribution in [0.4, 0.5) is 13.2 Å². The van der Waals surface area contributed by atoms with Crippen molar-refractivity contribution in [2.45, 2.75) is 38.4 Å². The summed E-state index contributed by atoms with van der Waals surface area (Å²) in [4.78, 5) is 10.4. The highest BCUT2D eigenvalue weighted by Gasteiger charge is 2.48. The van der Waals surface area contributed by atoms with Crippen molar-refractivity contribution >= 4 is 5.97 Å².